The molecule has 0 saturated heterocycles. The molecule has 1 aromatic carbocycles. The standard InChI is InChI=1S/C28H34F2N2O2/c1-3-32(21-12-14-28(29,30)15-13-21)25-11-7-10-23-22(25)9-6-4-5-8-20-16-19(2)17-26(33)24(20)18-31-27(23)34/h4,6-7,10-11,16,21H,3,5,8-9,12-15,17-18H2,1-2H3,(H,31,34)/b6-4+. The highest BCUT2D eigenvalue weighted by atomic mass is 19.3. The van der Waals surface area contributed by atoms with Crippen molar-refractivity contribution in [2.45, 2.75) is 77.2 Å². The van der Waals surface area contributed by atoms with Crippen molar-refractivity contribution in [3.63, 3.8) is 0 Å². The monoisotopic (exact) mass is 468 g/mol. The smallest absolute Gasteiger partial charge is 0.251 e. The lowest BCUT2D eigenvalue weighted by Crippen LogP contribution is -2.41. The van der Waals surface area contributed by atoms with E-state index >= 15 is 0 Å². The molecule has 0 unspecified atom stereocenters. The minimum absolute atomic E-state index is 0.0344. The number of fused-ring (bicyclic) bond motifs is 1. The number of allylic oxidation sites excluding steroid dienone is 5. The molecule has 1 heterocycles. The van der Waals surface area contributed by atoms with Crippen LogP contribution in [0, 0.1) is 0 Å². The molecule has 1 amide bonds. The number of Topliss-reactive ketones (excluding diaryl/α,β-unsaturated/α-hetero) is 1. The average molecular weight is 469 g/mol. The summed E-state index contributed by atoms with van der Waals surface area (Å²) >= 11 is 0. The molecule has 34 heavy (non-hydrogen) atoms. The van der Waals surface area contributed by atoms with Gasteiger partial charge in [0.2, 0.25) is 5.92 Å². The van der Waals surface area contributed by atoms with Crippen molar-refractivity contribution in [3.05, 3.63) is 64.3 Å². The van der Waals surface area contributed by atoms with Gasteiger partial charge >= 0.3 is 0 Å². The van der Waals surface area contributed by atoms with Gasteiger partial charge in [0, 0.05) is 55.2 Å². The number of amides is 1. The number of carbonyl (C=O) groups is 2. The van der Waals surface area contributed by atoms with Crippen LogP contribution in [0.15, 0.2) is 53.1 Å². The Morgan fingerprint density at radius 3 is 2.65 bits per heavy atom. The first kappa shape index (κ1) is 24.4. The topological polar surface area (TPSA) is 49.4 Å². The fraction of sp³-hybridized carbons (Fsp3) is 0.500. The van der Waals surface area contributed by atoms with Gasteiger partial charge < -0.3 is 10.2 Å². The fourth-order valence-electron chi connectivity index (χ4n) is 5.46. The predicted octanol–water partition coefficient (Wildman–Crippen LogP) is 5.93. The molecule has 182 valence electrons. The van der Waals surface area contributed by atoms with E-state index in [-0.39, 0.29) is 37.1 Å². The summed E-state index contributed by atoms with van der Waals surface area (Å²) in [6.45, 7) is 4.92. The summed E-state index contributed by atoms with van der Waals surface area (Å²) in [7, 11) is 0. The lowest BCUT2D eigenvalue weighted by Gasteiger charge is -2.39. The first-order valence-electron chi connectivity index (χ1n) is 12.4. The Morgan fingerprint density at radius 2 is 1.91 bits per heavy atom. The number of carbonyl (C=O) groups excluding carboxylic acids is 2. The molecule has 1 fully saturated rings. The maximum Gasteiger partial charge on any atom is 0.251 e. The summed E-state index contributed by atoms with van der Waals surface area (Å²) in [5.74, 6) is -2.70. The highest BCUT2D eigenvalue weighted by Crippen LogP contribution is 2.38. The first-order chi connectivity index (χ1) is 16.3. The van der Waals surface area contributed by atoms with Crippen LogP contribution < -0.4 is 10.2 Å². The molecule has 0 aromatic heterocycles. The number of alkyl halides is 2. The Balaban J connectivity index is 1.65. The van der Waals surface area contributed by atoms with E-state index < -0.39 is 5.92 Å². The Kier molecular flexibility index (Phi) is 7.34. The zero-order chi connectivity index (χ0) is 24.3. The minimum Gasteiger partial charge on any atom is -0.369 e. The van der Waals surface area contributed by atoms with E-state index in [2.05, 4.69) is 28.4 Å². The molecule has 0 bridgehead atoms. The van der Waals surface area contributed by atoms with Crippen molar-refractivity contribution in [1.82, 2.24) is 5.32 Å². The van der Waals surface area contributed by atoms with Crippen molar-refractivity contribution in [3.8, 4) is 0 Å². The van der Waals surface area contributed by atoms with Crippen LogP contribution in [0.3, 0.4) is 0 Å². The molecule has 2 aliphatic carbocycles. The molecule has 0 atom stereocenters. The van der Waals surface area contributed by atoms with Crippen molar-refractivity contribution in [2.75, 3.05) is 18.0 Å². The second kappa shape index (κ2) is 10.2. The van der Waals surface area contributed by atoms with E-state index in [1.165, 1.54) is 0 Å². The van der Waals surface area contributed by atoms with Gasteiger partial charge in [-0.25, -0.2) is 8.78 Å². The third-order valence-corrected chi connectivity index (χ3v) is 7.25. The van der Waals surface area contributed by atoms with Gasteiger partial charge in [-0.15, -0.1) is 0 Å². The molecular weight excluding hydrogens is 434 g/mol. The zero-order valence-electron chi connectivity index (χ0n) is 20.1. The average Bonchev–Trinajstić information content (AvgIpc) is 2.79. The van der Waals surface area contributed by atoms with E-state index in [0.717, 1.165) is 35.2 Å². The maximum atomic E-state index is 13.8. The number of benzene rings is 1. The predicted molar refractivity (Wildman–Crippen MR) is 131 cm³/mol. The van der Waals surface area contributed by atoms with Gasteiger partial charge in [0.25, 0.3) is 5.91 Å². The van der Waals surface area contributed by atoms with Crippen LogP contribution in [0.5, 0.6) is 0 Å². The molecular formula is C28H34F2N2O2. The highest BCUT2D eigenvalue weighted by Gasteiger charge is 2.37. The lowest BCUT2D eigenvalue weighted by molar-refractivity contribution is -0.115. The summed E-state index contributed by atoms with van der Waals surface area (Å²) in [4.78, 5) is 28.2. The second-order valence-corrected chi connectivity index (χ2v) is 9.67. The number of hydrogen-bond acceptors (Lipinski definition) is 3. The molecule has 4 nitrogen and oxygen atoms in total. The van der Waals surface area contributed by atoms with Gasteiger partial charge in [-0.05, 0) is 69.2 Å². The van der Waals surface area contributed by atoms with Crippen molar-refractivity contribution in [2.24, 2.45) is 0 Å². The third-order valence-electron chi connectivity index (χ3n) is 7.25. The third kappa shape index (κ3) is 5.31. The SMILES string of the molecule is CCN(c1cccc2c1C/C=C/CCC1=C(CNC2=O)C(=O)CC(C)=C1)C1CCC(F)(F)CC1. The van der Waals surface area contributed by atoms with Crippen LogP contribution in [-0.4, -0.2) is 36.7 Å². The molecule has 1 N–H and O–H groups in total. The molecule has 1 aliphatic heterocycles. The van der Waals surface area contributed by atoms with Crippen LogP contribution >= 0.6 is 0 Å². The Bertz CT molecular complexity index is 1040. The minimum atomic E-state index is -2.57. The first-order valence-corrected chi connectivity index (χ1v) is 12.4. The van der Waals surface area contributed by atoms with Crippen molar-refractivity contribution >= 4 is 17.4 Å². The lowest BCUT2D eigenvalue weighted by atomic mass is 9.88. The molecule has 0 spiro atoms. The van der Waals surface area contributed by atoms with Gasteiger partial charge in [0.15, 0.2) is 5.78 Å². The van der Waals surface area contributed by atoms with Crippen LogP contribution in [0.25, 0.3) is 0 Å². The number of nitrogens with one attached hydrogen (secondary N) is 1. The zero-order valence-corrected chi connectivity index (χ0v) is 20.1. The number of halogens is 2. The fourth-order valence-corrected chi connectivity index (χ4v) is 5.46. The number of hydrogen-bond donors (Lipinski definition) is 1. The number of rotatable bonds is 3. The summed E-state index contributed by atoms with van der Waals surface area (Å²) in [6.07, 6.45) is 9.55. The summed E-state index contributed by atoms with van der Waals surface area (Å²) < 4.78 is 27.6. The van der Waals surface area contributed by atoms with E-state index in [9.17, 15) is 18.4 Å². The van der Waals surface area contributed by atoms with Crippen molar-refractivity contribution < 1.29 is 18.4 Å². The van der Waals surface area contributed by atoms with Crippen LogP contribution in [0.1, 0.15) is 74.7 Å². The molecule has 1 aromatic rings. The molecule has 0 radical (unpaired) electrons. The maximum absolute atomic E-state index is 13.8. The van der Waals surface area contributed by atoms with Gasteiger partial charge in [-0.3, -0.25) is 9.59 Å². The summed E-state index contributed by atoms with van der Waals surface area (Å²) in [5.41, 5.74) is 5.21. The quantitative estimate of drug-likeness (QED) is 0.560. The summed E-state index contributed by atoms with van der Waals surface area (Å²) in [6, 6.07) is 5.72. The van der Waals surface area contributed by atoms with E-state index in [1.54, 1.807) is 0 Å². The van der Waals surface area contributed by atoms with Crippen molar-refractivity contribution in [1.29, 1.82) is 0 Å². The highest BCUT2D eigenvalue weighted by molar-refractivity contribution is 6.02. The van der Waals surface area contributed by atoms with Gasteiger partial charge in [0.05, 0.1) is 0 Å². The molecule has 3 aliphatic rings. The van der Waals surface area contributed by atoms with Gasteiger partial charge in [-0.2, -0.15) is 0 Å². The van der Waals surface area contributed by atoms with Gasteiger partial charge in [-0.1, -0.05) is 29.9 Å². The Hall–Kier alpha value is -2.76. The van der Waals surface area contributed by atoms with Crippen LogP contribution in [0.2, 0.25) is 0 Å². The number of anilines is 1. The molecule has 4 rings (SSSR count). The second-order valence-electron chi connectivity index (χ2n) is 9.67. The molecule has 1 saturated carbocycles. The van der Waals surface area contributed by atoms with E-state index in [4.69, 9.17) is 0 Å². The Morgan fingerprint density at radius 1 is 1.15 bits per heavy atom. The summed E-state index contributed by atoms with van der Waals surface area (Å²) in [5, 5.41) is 2.99. The van der Waals surface area contributed by atoms with Crippen LogP contribution in [-0.2, 0) is 11.2 Å². The largest absolute Gasteiger partial charge is 0.369 e. The van der Waals surface area contributed by atoms with Crippen LogP contribution in [0.4, 0.5) is 14.5 Å². The normalized spacial score (nSPS) is 22.5. The number of ketones is 1. The van der Waals surface area contributed by atoms with Gasteiger partial charge in [0.1, 0.15) is 0 Å². The number of nitrogens with zero attached hydrogens (tertiary/aromatic N) is 1. The molecule has 6 heteroatoms. The van der Waals surface area contributed by atoms with E-state index in [0.29, 0.717) is 43.4 Å². The Labute approximate surface area is 200 Å². The van der Waals surface area contributed by atoms with E-state index in [1.807, 2.05) is 32.0 Å².